The van der Waals surface area contributed by atoms with Crippen molar-refractivity contribution in [1.29, 1.82) is 0 Å². The van der Waals surface area contributed by atoms with Gasteiger partial charge < -0.3 is 10.5 Å². The summed E-state index contributed by atoms with van der Waals surface area (Å²) < 4.78 is 7.38. The molecule has 1 aromatic rings. The number of hydrogen-bond donors (Lipinski definition) is 1. The highest BCUT2D eigenvalue weighted by Gasteiger charge is 2.06. The van der Waals surface area contributed by atoms with Gasteiger partial charge in [-0.2, -0.15) is 0 Å². The number of para-hydroxylation sites is 1. The van der Waals surface area contributed by atoms with Crippen molar-refractivity contribution in [3.05, 3.63) is 27.1 Å². The first-order chi connectivity index (χ1) is 6.11. The first-order valence-electron chi connectivity index (χ1n) is 3.93. The fourth-order valence-corrected chi connectivity index (χ4v) is 2.06. The molecular formula is C9H11Br2NO. The molecule has 2 nitrogen and oxygen atoms in total. The molecule has 0 aliphatic rings. The monoisotopic (exact) mass is 307 g/mol. The molecule has 0 saturated heterocycles. The van der Waals surface area contributed by atoms with Crippen LogP contribution in [0.2, 0.25) is 0 Å². The molecule has 0 spiro atoms. The zero-order chi connectivity index (χ0) is 9.84. The quantitative estimate of drug-likeness (QED) is 0.932. The molecule has 0 aliphatic carbocycles. The molecule has 0 bridgehead atoms. The van der Waals surface area contributed by atoms with Crippen LogP contribution in [-0.2, 0) is 0 Å². The SMILES string of the molecule is C[C@H](N)COc1c(Br)cccc1Br. The van der Waals surface area contributed by atoms with E-state index in [2.05, 4.69) is 31.9 Å². The van der Waals surface area contributed by atoms with E-state index in [0.717, 1.165) is 14.7 Å². The van der Waals surface area contributed by atoms with Gasteiger partial charge in [-0.3, -0.25) is 0 Å². The lowest BCUT2D eigenvalue weighted by atomic mass is 10.3. The van der Waals surface area contributed by atoms with E-state index in [1.165, 1.54) is 0 Å². The molecule has 2 N–H and O–H groups in total. The normalized spacial score (nSPS) is 12.6. The standard InChI is InChI=1S/C9H11Br2NO/c1-6(12)5-13-9-7(10)3-2-4-8(9)11/h2-4,6H,5,12H2,1H3/t6-/m0/s1. The largest absolute Gasteiger partial charge is 0.490 e. The fourth-order valence-electron chi connectivity index (χ4n) is 0.835. The molecule has 0 unspecified atom stereocenters. The third kappa shape index (κ3) is 3.29. The molecule has 72 valence electrons. The summed E-state index contributed by atoms with van der Waals surface area (Å²) in [4.78, 5) is 0. The van der Waals surface area contributed by atoms with Crippen LogP contribution < -0.4 is 10.5 Å². The number of halogens is 2. The molecule has 1 aromatic carbocycles. The summed E-state index contributed by atoms with van der Waals surface area (Å²) in [5.41, 5.74) is 5.58. The molecule has 1 rings (SSSR count). The maximum Gasteiger partial charge on any atom is 0.147 e. The van der Waals surface area contributed by atoms with Crippen LogP contribution >= 0.6 is 31.9 Å². The fraction of sp³-hybridized carbons (Fsp3) is 0.333. The molecule has 0 radical (unpaired) electrons. The van der Waals surface area contributed by atoms with Crippen molar-refractivity contribution in [1.82, 2.24) is 0 Å². The van der Waals surface area contributed by atoms with Crippen molar-refractivity contribution < 1.29 is 4.74 Å². The van der Waals surface area contributed by atoms with Gasteiger partial charge in [0.15, 0.2) is 0 Å². The Kier molecular flexibility index (Phi) is 4.22. The summed E-state index contributed by atoms with van der Waals surface area (Å²) >= 11 is 6.80. The van der Waals surface area contributed by atoms with Gasteiger partial charge in [-0.15, -0.1) is 0 Å². The third-order valence-electron chi connectivity index (χ3n) is 1.41. The van der Waals surface area contributed by atoms with E-state index in [-0.39, 0.29) is 6.04 Å². The van der Waals surface area contributed by atoms with Crippen molar-refractivity contribution in [2.75, 3.05) is 6.61 Å². The molecule has 1 atom stereocenters. The second kappa shape index (κ2) is 4.98. The Hall–Kier alpha value is -0.0600. The van der Waals surface area contributed by atoms with Crippen molar-refractivity contribution in [3.8, 4) is 5.75 Å². The van der Waals surface area contributed by atoms with Gasteiger partial charge in [-0.25, -0.2) is 0 Å². The Morgan fingerprint density at radius 1 is 1.38 bits per heavy atom. The number of ether oxygens (including phenoxy) is 1. The lowest BCUT2D eigenvalue weighted by Crippen LogP contribution is -2.23. The number of nitrogens with two attached hydrogens (primary N) is 1. The van der Waals surface area contributed by atoms with Gasteiger partial charge in [0, 0.05) is 6.04 Å². The van der Waals surface area contributed by atoms with Crippen LogP contribution in [-0.4, -0.2) is 12.6 Å². The Morgan fingerprint density at radius 2 is 1.92 bits per heavy atom. The van der Waals surface area contributed by atoms with E-state index in [1.807, 2.05) is 25.1 Å². The van der Waals surface area contributed by atoms with Crippen LogP contribution in [0.1, 0.15) is 6.92 Å². The second-order valence-corrected chi connectivity index (χ2v) is 4.55. The molecule has 0 amide bonds. The Balaban J connectivity index is 2.75. The highest BCUT2D eigenvalue weighted by Crippen LogP contribution is 2.32. The average Bonchev–Trinajstić information content (AvgIpc) is 2.03. The van der Waals surface area contributed by atoms with Gasteiger partial charge in [0.25, 0.3) is 0 Å². The molecular weight excluding hydrogens is 298 g/mol. The molecule has 0 aromatic heterocycles. The number of benzene rings is 1. The number of rotatable bonds is 3. The van der Waals surface area contributed by atoms with Gasteiger partial charge in [-0.1, -0.05) is 6.07 Å². The predicted octanol–water partition coefficient (Wildman–Crippen LogP) is 2.94. The first kappa shape index (κ1) is 11.0. The third-order valence-corrected chi connectivity index (χ3v) is 2.66. The summed E-state index contributed by atoms with van der Waals surface area (Å²) in [5.74, 6) is 0.805. The Bertz CT molecular complexity index is 269. The van der Waals surface area contributed by atoms with Crippen LogP contribution in [0.5, 0.6) is 5.75 Å². The van der Waals surface area contributed by atoms with Gasteiger partial charge in [0.2, 0.25) is 0 Å². The average molecular weight is 309 g/mol. The van der Waals surface area contributed by atoms with E-state index >= 15 is 0 Å². The molecule has 4 heteroatoms. The van der Waals surface area contributed by atoms with E-state index in [9.17, 15) is 0 Å². The van der Waals surface area contributed by atoms with Crippen molar-refractivity contribution >= 4 is 31.9 Å². The minimum atomic E-state index is 0.0407. The van der Waals surface area contributed by atoms with Crippen LogP contribution in [0.4, 0.5) is 0 Å². The van der Waals surface area contributed by atoms with E-state index in [4.69, 9.17) is 10.5 Å². The highest BCUT2D eigenvalue weighted by molar-refractivity contribution is 9.11. The molecule has 13 heavy (non-hydrogen) atoms. The van der Waals surface area contributed by atoms with Gasteiger partial charge in [0.05, 0.1) is 8.95 Å². The molecule has 0 fully saturated rings. The predicted molar refractivity (Wildman–Crippen MR) is 61.0 cm³/mol. The van der Waals surface area contributed by atoms with Crippen LogP contribution in [0, 0.1) is 0 Å². The number of hydrogen-bond acceptors (Lipinski definition) is 2. The summed E-state index contributed by atoms with van der Waals surface area (Å²) in [7, 11) is 0. The zero-order valence-electron chi connectivity index (χ0n) is 7.26. The van der Waals surface area contributed by atoms with Gasteiger partial charge in [0.1, 0.15) is 12.4 Å². The van der Waals surface area contributed by atoms with Crippen LogP contribution in [0.15, 0.2) is 27.1 Å². The van der Waals surface area contributed by atoms with Crippen molar-refractivity contribution in [2.45, 2.75) is 13.0 Å². The Labute approximate surface area is 94.7 Å². The van der Waals surface area contributed by atoms with Crippen molar-refractivity contribution in [2.24, 2.45) is 5.73 Å². The summed E-state index contributed by atoms with van der Waals surface area (Å²) in [6, 6.07) is 5.84. The molecule has 0 heterocycles. The maximum absolute atomic E-state index is 5.58. The van der Waals surface area contributed by atoms with Gasteiger partial charge >= 0.3 is 0 Å². The summed E-state index contributed by atoms with van der Waals surface area (Å²) in [6.07, 6.45) is 0. The van der Waals surface area contributed by atoms with E-state index < -0.39 is 0 Å². The summed E-state index contributed by atoms with van der Waals surface area (Å²) in [6.45, 7) is 2.42. The lowest BCUT2D eigenvalue weighted by Gasteiger charge is -2.11. The topological polar surface area (TPSA) is 35.2 Å². The van der Waals surface area contributed by atoms with E-state index in [0.29, 0.717) is 6.61 Å². The molecule has 0 aliphatic heterocycles. The maximum atomic E-state index is 5.58. The minimum Gasteiger partial charge on any atom is -0.490 e. The first-order valence-corrected chi connectivity index (χ1v) is 5.52. The smallest absolute Gasteiger partial charge is 0.147 e. The zero-order valence-corrected chi connectivity index (χ0v) is 10.4. The summed E-state index contributed by atoms with van der Waals surface area (Å²) in [5, 5.41) is 0. The lowest BCUT2D eigenvalue weighted by molar-refractivity contribution is 0.293. The van der Waals surface area contributed by atoms with Crippen LogP contribution in [0.25, 0.3) is 0 Å². The van der Waals surface area contributed by atoms with Crippen molar-refractivity contribution in [3.63, 3.8) is 0 Å². The van der Waals surface area contributed by atoms with Crippen LogP contribution in [0.3, 0.4) is 0 Å². The highest BCUT2D eigenvalue weighted by atomic mass is 79.9. The second-order valence-electron chi connectivity index (χ2n) is 2.84. The van der Waals surface area contributed by atoms with Gasteiger partial charge in [-0.05, 0) is 50.9 Å². The van der Waals surface area contributed by atoms with E-state index in [1.54, 1.807) is 0 Å². The Morgan fingerprint density at radius 3 is 2.38 bits per heavy atom. The molecule has 0 saturated carbocycles. The minimum absolute atomic E-state index is 0.0407.